The highest BCUT2D eigenvalue weighted by molar-refractivity contribution is 6.74. The zero-order valence-electron chi connectivity index (χ0n) is 21.3. The van der Waals surface area contributed by atoms with Gasteiger partial charge in [-0.25, -0.2) is 4.79 Å². The molecule has 0 aromatic carbocycles. The second-order valence-corrected chi connectivity index (χ2v) is 21.8. The minimum atomic E-state index is -2.17. The zero-order valence-corrected chi connectivity index (χ0v) is 24.1. The van der Waals surface area contributed by atoms with Crippen molar-refractivity contribution >= 4 is 28.2 Å². The van der Waals surface area contributed by atoms with Crippen molar-refractivity contribution in [2.24, 2.45) is 0 Å². The largest absolute Gasteiger partial charge is 0.414 e. The molecule has 0 aliphatic carbocycles. The van der Waals surface area contributed by atoms with Gasteiger partial charge >= 0.3 is 5.69 Å². The van der Waals surface area contributed by atoms with Crippen LogP contribution in [0.3, 0.4) is 0 Å². The van der Waals surface area contributed by atoms with Gasteiger partial charge in [0.1, 0.15) is 11.8 Å². The summed E-state index contributed by atoms with van der Waals surface area (Å²) in [6.07, 6.45) is 0.977. The summed E-state index contributed by atoms with van der Waals surface area (Å²) in [6.45, 7) is 22.2. The normalized spacial score (nSPS) is 25.3. The minimum Gasteiger partial charge on any atom is -0.414 e. The van der Waals surface area contributed by atoms with Crippen molar-refractivity contribution < 1.29 is 13.6 Å². The number of ether oxygens (including phenoxy) is 1. The van der Waals surface area contributed by atoms with Gasteiger partial charge in [0.25, 0.3) is 5.56 Å². The molecular weight excluding hydrogens is 464 g/mol. The van der Waals surface area contributed by atoms with Crippen molar-refractivity contribution in [3.05, 3.63) is 33.1 Å². The third kappa shape index (κ3) is 5.67. The van der Waals surface area contributed by atoms with E-state index in [0.717, 1.165) is 0 Å². The number of hydrogen-bond acceptors (Lipinski definition) is 5. The molecule has 3 atom stereocenters. The van der Waals surface area contributed by atoms with Gasteiger partial charge in [0.15, 0.2) is 16.6 Å². The standard InChI is InChI=1S/C22H41ClN2O5Si2/c1-20(2,3)31(7,8)28-15-22(14-23)16(30-32(9,10)21(4,5)6)13-18(29-22)25-12-11-17(26)24-19(25)27/h11-12,16,18H,13-15H2,1-10H3,(H,24,26,27)/t16?,18-,22-/m1/s1. The molecule has 1 unspecified atom stereocenters. The highest BCUT2D eigenvalue weighted by atomic mass is 35.5. The van der Waals surface area contributed by atoms with Gasteiger partial charge in [-0.1, -0.05) is 41.5 Å². The van der Waals surface area contributed by atoms with Gasteiger partial charge in [-0.2, -0.15) is 0 Å². The molecule has 1 N–H and O–H groups in total. The van der Waals surface area contributed by atoms with Crippen LogP contribution < -0.4 is 11.2 Å². The molecule has 1 aromatic heterocycles. The summed E-state index contributed by atoms with van der Waals surface area (Å²) in [5.41, 5.74) is -1.85. The number of aromatic amines is 1. The number of nitrogens with zero attached hydrogens (tertiary/aromatic N) is 1. The van der Waals surface area contributed by atoms with E-state index in [1.54, 1.807) is 0 Å². The molecule has 1 fully saturated rings. The van der Waals surface area contributed by atoms with E-state index in [-0.39, 0.29) is 22.1 Å². The second kappa shape index (κ2) is 9.15. The van der Waals surface area contributed by atoms with Gasteiger partial charge in [-0.15, -0.1) is 11.6 Å². The predicted octanol–water partition coefficient (Wildman–Crippen LogP) is 4.85. The highest BCUT2D eigenvalue weighted by Crippen LogP contribution is 2.46. The molecular formula is C22H41ClN2O5Si2. The molecule has 2 heterocycles. The van der Waals surface area contributed by atoms with Crippen LogP contribution in [0.25, 0.3) is 0 Å². The molecule has 0 bridgehead atoms. The first kappa shape index (κ1) is 27.5. The topological polar surface area (TPSA) is 82.5 Å². The fourth-order valence-corrected chi connectivity index (χ4v) is 5.83. The van der Waals surface area contributed by atoms with Crippen molar-refractivity contribution in [3.63, 3.8) is 0 Å². The molecule has 0 saturated carbocycles. The van der Waals surface area contributed by atoms with Crippen molar-refractivity contribution in [2.75, 3.05) is 12.5 Å². The molecule has 10 heteroatoms. The molecule has 1 aromatic rings. The maximum atomic E-state index is 12.5. The van der Waals surface area contributed by atoms with Gasteiger partial charge < -0.3 is 13.6 Å². The summed E-state index contributed by atoms with van der Waals surface area (Å²) in [7, 11) is -4.25. The molecule has 1 aliphatic heterocycles. The molecule has 7 nitrogen and oxygen atoms in total. The average Bonchev–Trinajstić information content (AvgIpc) is 2.96. The first-order valence-electron chi connectivity index (χ1n) is 11.2. The van der Waals surface area contributed by atoms with E-state index in [1.807, 2.05) is 0 Å². The lowest BCUT2D eigenvalue weighted by Gasteiger charge is -2.44. The molecule has 0 spiro atoms. The van der Waals surface area contributed by atoms with Crippen molar-refractivity contribution in [2.45, 2.75) is 102 Å². The smallest absolute Gasteiger partial charge is 0.330 e. The second-order valence-electron chi connectivity index (χ2n) is 11.9. The Balaban J connectivity index is 2.45. The molecule has 1 aliphatic rings. The highest BCUT2D eigenvalue weighted by Gasteiger charge is 2.54. The van der Waals surface area contributed by atoms with Crippen molar-refractivity contribution in [3.8, 4) is 0 Å². The van der Waals surface area contributed by atoms with Gasteiger partial charge in [0.05, 0.1) is 18.6 Å². The fraction of sp³-hybridized carbons (Fsp3) is 0.818. The molecule has 2 rings (SSSR count). The molecule has 0 amide bonds. The van der Waals surface area contributed by atoms with Crippen LogP contribution in [0.5, 0.6) is 0 Å². The number of hydrogen-bond donors (Lipinski definition) is 1. The van der Waals surface area contributed by atoms with E-state index in [0.29, 0.717) is 13.0 Å². The summed E-state index contributed by atoms with van der Waals surface area (Å²) >= 11 is 6.56. The Morgan fingerprint density at radius 3 is 2.16 bits per heavy atom. The van der Waals surface area contributed by atoms with Crippen LogP contribution >= 0.6 is 11.6 Å². The summed E-state index contributed by atoms with van der Waals surface area (Å²) in [4.78, 5) is 26.3. The minimum absolute atomic E-state index is 0.00174. The first-order valence-corrected chi connectivity index (χ1v) is 17.6. The summed E-state index contributed by atoms with van der Waals surface area (Å²) in [5.74, 6) is 0.176. The lowest BCUT2D eigenvalue weighted by Crippen LogP contribution is -2.55. The number of halogens is 1. The summed E-state index contributed by atoms with van der Waals surface area (Å²) in [6, 6.07) is 1.32. The van der Waals surface area contributed by atoms with E-state index in [2.05, 4.69) is 72.7 Å². The molecule has 0 radical (unpaired) electrons. The van der Waals surface area contributed by atoms with Crippen LogP contribution in [0.4, 0.5) is 0 Å². The Morgan fingerprint density at radius 2 is 1.69 bits per heavy atom. The van der Waals surface area contributed by atoms with Crippen molar-refractivity contribution in [1.82, 2.24) is 9.55 Å². The Bertz CT molecular complexity index is 916. The summed E-state index contributed by atoms with van der Waals surface area (Å²) in [5, 5.41) is 0.0302. The molecule has 32 heavy (non-hydrogen) atoms. The lowest BCUT2D eigenvalue weighted by molar-refractivity contribution is -0.109. The number of alkyl halides is 1. The Labute approximate surface area is 199 Å². The van der Waals surface area contributed by atoms with Crippen LogP contribution in [-0.4, -0.2) is 50.4 Å². The lowest BCUT2D eigenvalue weighted by atomic mass is 10.0. The Hall–Kier alpha value is -0.716. The quantitative estimate of drug-likeness (QED) is 0.424. The van der Waals surface area contributed by atoms with Crippen LogP contribution in [0.15, 0.2) is 21.9 Å². The third-order valence-electron chi connectivity index (χ3n) is 7.49. The number of aromatic nitrogens is 2. The fourth-order valence-electron chi connectivity index (χ4n) is 3.11. The van der Waals surface area contributed by atoms with Crippen LogP contribution in [0.2, 0.25) is 36.3 Å². The monoisotopic (exact) mass is 504 g/mol. The van der Waals surface area contributed by atoms with E-state index in [9.17, 15) is 9.59 Å². The average molecular weight is 505 g/mol. The maximum Gasteiger partial charge on any atom is 0.330 e. The van der Waals surface area contributed by atoms with Crippen LogP contribution in [0.1, 0.15) is 54.2 Å². The Morgan fingerprint density at radius 1 is 1.12 bits per heavy atom. The first-order chi connectivity index (χ1) is 14.4. The van der Waals surface area contributed by atoms with E-state index in [4.69, 9.17) is 25.2 Å². The zero-order chi connectivity index (χ0) is 24.8. The number of H-pyrrole nitrogens is 1. The maximum absolute atomic E-state index is 12.5. The van der Waals surface area contributed by atoms with E-state index < -0.39 is 39.7 Å². The van der Waals surface area contributed by atoms with Gasteiger partial charge in [-0.05, 0) is 36.3 Å². The van der Waals surface area contributed by atoms with E-state index in [1.165, 1.54) is 16.8 Å². The van der Waals surface area contributed by atoms with Crippen LogP contribution in [0, 0.1) is 0 Å². The summed E-state index contributed by atoms with van der Waals surface area (Å²) < 4.78 is 21.3. The predicted molar refractivity (Wildman–Crippen MR) is 135 cm³/mol. The Kier molecular flexibility index (Phi) is 7.87. The third-order valence-corrected chi connectivity index (χ3v) is 16.9. The SMILES string of the molecule is CC(C)(C)[Si](C)(C)OC[C@@]1(CCl)O[C@@H](n2ccc(=O)[nH]c2=O)CC1O[Si](C)(C)C(C)(C)C. The molecule has 1 saturated heterocycles. The van der Waals surface area contributed by atoms with Gasteiger partial charge in [-0.3, -0.25) is 14.3 Å². The number of nitrogens with one attached hydrogen (secondary N) is 1. The van der Waals surface area contributed by atoms with Crippen LogP contribution in [-0.2, 0) is 13.6 Å². The van der Waals surface area contributed by atoms with Gasteiger partial charge in [0.2, 0.25) is 0 Å². The van der Waals surface area contributed by atoms with Gasteiger partial charge in [0, 0.05) is 18.7 Å². The number of rotatable bonds is 7. The molecule has 184 valence electrons. The van der Waals surface area contributed by atoms with E-state index >= 15 is 0 Å². The van der Waals surface area contributed by atoms with Crippen molar-refractivity contribution in [1.29, 1.82) is 0 Å².